The molecule has 0 N–H and O–H groups in total. The molecular weight excluding hydrogens is 313 g/mol. The molecule has 1 heterocycles. The second-order valence-electron chi connectivity index (χ2n) is 3.99. The molecule has 0 aromatic heterocycles. The predicted molar refractivity (Wildman–Crippen MR) is 69.2 cm³/mol. The number of morpholine rings is 1. The molecule has 0 radical (unpaired) electrons. The van der Waals surface area contributed by atoms with Crippen molar-refractivity contribution >= 4 is 31.3 Å². The third-order valence-electron chi connectivity index (χ3n) is 2.74. The Bertz CT molecular complexity index is 648. The van der Waals surface area contributed by atoms with E-state index >= 15 is 0 Å². The molecule has 0 unspecified atom stereocenters. The van der Waals surface area contributed by atoms with E-state index in [1.807, 2.05) is 0 Å². The van der Waals surface area contributed by atoms with Gasteiger partial charge in [0.15, 0.2) is 5.75 Å². The number of hydrogen-bond acceptors (Lipinski definition) is 5. The summed E-state index contributed by atoms with van der Waals surface area (Å²) in [6.07, 6.45) is 0. The van der Waals surface area contributed by atoms with Crippen molar-refractivity contribution in [3.63, 3.8) is 0 Å². The molecule has 0 atom stereocenters. The van der Waals surface area contributed by atoms with Crippen LogP contribution in [0.1, 0.15) is 0 Å². The number of carbonyl (C=O) groups is 1. The number of ether oxygens (including phenoxy) is 2. The van der Waals surface area contributed by atoms with Gasteiger partial charge in [0.05, 0.1) is 19.4 Å². The Morgan fingerprint density at radius 3 is 2.70 bits per heavy atom. The standard InChI is InChI=1S/C11H11ClFNO5S/c1-18-11-8(14-2-3-19-6-10(14)15)4-7(13)5-9(11)20(12,16)17/h4-5H,2-3,6H2,1H3. The fourth-order valence-electron chi connectivity index (χ4n) is 1.91. The molecule has 6 nitrogen and oxygen atoms in total. The first kappa shape index (κ1) is 15.0. The Hall–Kier alpha value is -1.38. The van der Waals surface area contributed by atoms with E-state index < -0.39 is 25.7 Å². The zero-order chi connectivity index (χ0) is 14.9. The van der Waals surface area contributed by atoms with Crippen molar-refractivity contribution in [1.29, 1.82) is 0 Å². The molecule has 20 heavy (non-hydrogen) atoms. The molecule has 1 aliphatic rings. The molecular formula is C11H11ClFNO5S. The molecule has 1 aromatic rings. The zero-order valence-electron chi connectivity index (χ0n) is 10.4. The Balaban J connectivity index is 2.63. The normalized spacial score (nSPS) is 16.4. The van der Waals surface area contributed by atoms with Crippen LogP contribution in [0.5, 0.6) is 5.75 Å². The van der Waals surface area contributed by atoms with Crippen molar-refractivity contribution in [3.8, 4) is 5.75 Å². The van der Waals surface area contributed by atoms with Crippen molar-refractivity contribution in [3.05, 3.63) is 17.9 Å². The first-order valence-corrected chi connectivity index (χ1v) is 7.86. The van der Waals surface area contributed by atoms with Crippen molar-refractivity contribution in [2.75, 3.05) is 31.8 Å². The van der Waals surface area contributed by atoms with E-state index in [2.05, 4.69) is 0 Å². The number of anilines is 1. The summed E-state index contributed by atoms with van der Waals surface area (Å²) in [5.41, 5.74) is 0.0139. The molecule has 9 heteroatoms. The lowest BCUT2D eigenvalue weighted by atomic mass is 10.2. The summed E-state index contributed by atoms with van der Waals surface area (Å²) in [6, 6.07) is 1.77. The summed E-state index contributed by atoms with van der Waals surface area (Å²) in [6.45, 7) is 0.261. The molecule has 0 spiro atoms. The third kappa shape index (κ3) is 2.87. The molecule has 1 aromatic carbocycles. The van der Waals surface area contributed by atoms with Gasteiger partial charge in [0.25, 0.3) is 15.0 Å². The van der Waals surface area contributed by atoms with Crippen molar-refractivity contribution in [2.45, 2.75) is 4.90 Å². The number of methoxy groups -OCH3 is 1. The first-order valence-electron chi connectivity index (χ1n) is 5.55. The Morgan fingerprint density at radius 1 is 1.45 bits per heavy atom. The maximum Gasteiger partial charge on any atom is 0.265 e. The molecule has 1 fully saturated rings. The van der Waals surface area contributed by atoms with Crippen LogP contribution in [0.15, 0.2) is 17.0 Å². The van der Waals surface area contributed by atoms with Gasteiger partial charge in [-0.05, 0) is 6.07 Å². The second-order valence-corrected chi connectivity index (χ2v) is 6.53. The average Bonchev–Trinajstić information content (AvgIpc) is 2.37. The average molecular weight is 324 g/mol. The van der Waals surface area contributed by atoms with Gasteiger partial charge in [0.2, 0.25) is 0 Å². The number of halogens is 2. The minimum Gasteiger partial charge on any atom is -0.493 e. The summed E-state index contributed by atoms with van der Waals surface area (Å²) in [5, 5.41) is 0. The fourth-order valence-corrected chi connectivity index (χ4v) is 2.92. The van der Waals surface area contributed by atoms with Crippen LogP contribution in [-0.2, 0) is 18.6 Å². The largest absolute Gasteiger partial charge is 0.493 e. The van der Waals surface area contributed by atoms with Crippen LogP contribution in [0, 0.1) is 5.82 Å². The van der Waals surface area contributed by atoms with Gasteiger partial charge in [0.1, 0.15) is 17.3 Å². The SMILES string of the molecule is COc1c(N2CCOCC2=O)cc(F)cc1S(=O)(=O)Cl. The summed E-state index contributed by atoms with van der Waals surface area (Å²) in [7, 11) is 2.27. The maximum absolute atomic E-state index is 13.6. The molecule has 0 bridgehead atoms. The number of nitrogens with zero attached hydrogens (tertiary/aromatic N) is 1. The molecule has 1 amide bonds. The zero-order valence-corrected chi connectivity index (χ0v) is 12.0. The van der Waals surface area contributed by atoms with Gasteiger partial charge in [-0.25, -0.2) is 12.8 Å². The molecule has 0 saturated carbocycles. The van der Waals surface area contributed by atoms with Gasteiger partial charge in [-0.1, -0.05) is 0 Å². The smallest absolute Gasteiger partial charge is 0.265 e. The molecule has 1 saturated heterocycles. The quantitative estimate of drug-likeness (QED) is 0.780. The van der Waals surface area contributed by atoms with Gasteiger partial charge in [-0.15, -0.1) is 0 Å². The van der Waals surface area contributed by atoms with E-state index in [1.165, 1.54) is 12.0 Å². The number of rotatable bonds is 3. The van der Waals surface area contributed by atoms with E-state index in [0.29, 0.717) is 0 Å². The summed E-state index contributed by atoms with van der Waals surface area (Å²) in [4.78, 5) is 12.5. The van der Waals surface area contributed by atoms with Gasteiger partial charge in [-0.3, -0.25) is 4.79 Å². The predicted octanol–water partition coefficient (Wildman–Crippen LogP) is 1.12. The highest BCUT2D eigenvalue weighted by Gasteiger charge is 2.28. The number of carbonyl (C=O) groups excluding carboxylic acids is 1. The molecule has 110 valence electrons. The van der Waals surface area contributed by atoms with Crippen molar-refractivity contribution in [1.82, 2.24) is 0 Å². The van der Waals surface area contributed by atoms with Gasteiger partial charge in [-0.2, -0.15) is 0 Å². The third-order valence-corrected chi connectivity index (χ3v) is 4.07. The van der Waals surface area contributed by atoms with Gasteiger partial charge >= 0.3 is 0 Å². The number of benzene rings is 1. The second kappa shape index (κ2) is 5.55. The van der Waals surface area contributed by atoms with Crippen LogP contribution in [-0.4, -0.2) is 41.2 Å². The minimum absolute atomic E-state index is 0.0139. The Morgan fingerprint density at radius 2 is 2.15 bits per heavy atom. The van der Waals surface area contributed by atoms with Gasteiger partial charge in [0, 0.05) is 23.3 Å². The van der Waals surface area contributed by atoms with Crippen LogP contribution >= 0.6 is 10.7 Å². The van der Waals surface area contributed by atoms with Crippen LogP contribution in [0.4, 0.5) is 10.1 Å². The van der Waals surface area contributed by atoms with E-state index in [0.717, 1.165) is 12.1 Å². The highest BCUT2D eigenvalue weighted by Crippen LogP contribution is 2.38. The lowest BCUT2D eigenvalue weighted by Gasteiger charge is -2.28. The van der Waals surface area contributed by atoms with Crippen LogP contribution < -0.4 is 9.64 Å². The number of amides is 1. The van der Waals surface area contributed by atoms with Crippen LogP contribution in [0.25, 0.3) is 0 Å². The summed E-state index contributed by atoms with van der Waals surface area (Å²) < 4.78 is 46.5. The monoisotopic (exact) mass is 323 g/mol. The number of hydrogen-bond donors (Lipinski definition) is 0. The van der Waals surface area contributed by atoms with E-state index in [4.69, 9.17) is 20.2 Å². The van der Waals surface area contributed by atoms with E-state index in [9.17, 15) is 17.6 Å². The molecule has 0 aliphatic carbocycles. The Labute approximate surface area is 119 Å². The highest BCUT2D eigenvalue weighted by atomic mass is 35.7. The Kier molecular flexibility index (Phi) is 4.17. The molecule has 2 rings (SSSR count). The summed E-state index contributed by atoms with van der Waals surface area (Å²) in [5.74, 6) is -1.42. The van der Waals surface area contributed by atoms with Crippen LogP contribution in [0.3, 0.4) is 0 Å². The summed E-state index contributed by atoms with van der Waals surface area (Å²) >= 11 is 0. The fraction of sp³-hybridized carbons (Fsp3) is 0.364. The highest BCUT2D eigenvalue weighted by molar-refractivity contribution is 8.13. The van der Waals surface area contributed by atoms with Crippen molar-refractivity contribution in [2.24, 2.45) is 0 Å². The van der Waals surface area contributed by atoms with E-state index in [-0.39, 0.29) is 31.2 Å². The lowest BCUT2D eigenvalue weighted by molar-refractivity contribution is -0.125. The van der Waals surface area contributed by atoms with Crippen molar-refractivity contribution < 1.29 is 27.1 Å². The first-order chi connectivity index (χ1) is 9.34. The minimum atomic E-state index is -4.21. The lowest BCUT2D eigenvalue weighted by Crippen LogP contribution is -2.42. The maximum atomic E-state index is 13.6. The topological polar surface area (TPSA) is 72.9 Å². The van der Waals surface area contributed by atoms with E-state index in [1.54, 1.807) is 0 Å². The van der Waals surface area contributed by atoms with Gasteiger partial charge < -0.3 is 14.4 Å². The van der Waals surface area contributed by atoms with Crippen LogP contribution in [0.2, 0.25) is 0 Å². The molecule has 1 aliphatic heterocycles.